The highest BCUT2D eigenvalue weighted by atomic mass is 32.2. The second kappa shape index (κ2) is 9.05. The molecule has 0 saturated heterocycles. The molecule has 0 aliphatic heterocycles. The van der Waals surface area contributed by atoms with Crippen molar-refractivity contribution in [3.05, 3.63) is 69.7 Å². The van der Waals surface area contributed by atoms with Crippen molar-refractivity contribution in [1.29, 1.82) is 0 Å². The smallest absolute Gasteiger partial charge is 0.233 e. The molecule has 0 fully saturated rings. The SMILES string of the molecule is CCN(Cc1cccs1)C(=O)CSc1nc(Cc2ccccc2)c(C)[nH]1. The number of thiophene rings is 1. The summed E-state index contributed by atoms with van der Waals surface area (Å²) in [5.74, 6) is 0.543. The number of thioether (sulfide) groups is 1. The molecule has 26 heavy (non-hydrogen) atoms. The van der Waals surface area contributed by atoms with Gasteiger partial charge in [-0.2, -0.15) is 0 Å². The number of rotatable bonds is 8. The van der Waals surface area contributed by atoms with Gasteiger partial charge in [0.25, 0.3) is 0 Å². The lowest BCUT2D eigenvalue weighted by Crippen LogP contribution is -2.31. The summed E-state index contributed by atoms with van der Waals surface area (Å²) in [5, 5.41) is 2.86. The van der Waals surface area contributed by atoms with Gasteiger partial charge in [-0.3, -0.25) is 4.79 Å². The molecular formula is C20H23N3OS2. The molecule has 0 unspecified atom stereocenters. The zero-order valence-corrected chi connectivity index (χ0v) is 16.7. The van der Waals surface area contributed by atoms with E-state index in [1.807, 2.05) is 48.4 Å². The average Bonchev–Trinajstić information content (AvgIpc) is 3.28. The van der Waals surface area contributed by atoms with Gasteiger partial charge in [-0.15, -0.1) is 11.3 Å². The number of H-pyrrole nitrogens is 1. The number of benzene rings is 1. The van der Waals surface area contributed by atoms with Gasteiger partial charge in [0, 0.05) is 23.5 Å². The van der Waals surface area contributed by atoms with Gasteiger partial charge in [-0.05, 0) is 30.9 Å². The highest BCUT2D eigenvalue weighted by Crippen LogP contribution is 2.20. The van der Waals surface area contributed by atoms with Gasteiger partial charge < -0.3 is 9.88 Å². The Kier molecular flexibility index (Phi) is 6.52. The Hall–Kier alpha value is -2.05. The number of aromatic amines is 1. The fourth-order valence-electron chi connectivity index (χ4n) is 2.68. The zero-order chi connectivity index (χ0) is 18.4. The van der Waals surface area contributed by atoms with Gasteiger partial charge in [-0.1, -0.05) is 48.2 Å². The van der Waals surface area contributed by atoms with E-state index < -0.39 is 0 Å². The van der Waals surface area contributed by atoms with Crippen LogP contribution in [0.2, 0.25) is 0 Å². The van der Waals surface area contributed by atoms with Gasteiger partial charge in [0.15, 0.2) is 5.16 Å². The maximum absolute atomic E-state index is 12.5. The van der Waals surface area contributed by atoms with Crippen LogP contribution in [0.4, 0.5) is 0 Å². The molecule has 3 aromatic rings. The highest BCUT2D eigenvalue weighted by Gasteiger charge is 2.15. The van der Waals surface area contributed by atoms with Crippen LogP contribution >= 0.6 is 23.1 Å². The molecule has 1 aromatic carbocycles. The number of aromatic nitrogens is 2. The second-order valence-corrected chi connectivity index (χ2v) is 8.05. The van der Waals surface area contributed by atoms with Crippen molar-refractivity contribution < 1.29 is 4.79 Å². The Morgan fingerprint density at radius 3 is 2.73 bits per heavy atom. The maximum atomic E-state index is 12.5. The number of carbonyl (C=O) groups is 1. The number of imidazole rings is 1. The van der Waals surface area contributed by atoms with Crippen LogP contribution in [0.5, 0.6) is 0 Å². The van der Waals surface area contributed by atoms with Gasteiger partial charge in [0.05, 0.1) is 18.0 Å². The molecule has 0 spiro atoms. The van der Waals surface area contributed by atoms with Gasteiger partial charge in [0.2, 0.25) is 5.91 Å². The molecule has 136 valence electrons. The topological polar surface area (TPSA) is 49.0 Å². The molecule has 2 aromatic heterocycles. The molecule has 1 amide bonds. The Labute approximate surface area is 162 Å². The van der Waals surface area contributed by atoms with Crippen molar-refractivity contribution in [2.75, 3.05) is 12.3 Å². The minimum absolute atomic E-state index is 0.143. The van der Waals surface area contributed by atoms with E-state index in [9.17, 15) is 4.79 Å². The third-order valence-corrected chi connectivity index (χ3v) is 5.89. The Morgan fingerprint density at radius 2 is 2.04 bits per heavy atom. The van der Waals surface area contributed by atoms with Crippen molar-refractivity contribution in [1.82, 2.24) is 14.9 Å². The first-order valence-electron chi connectivity index (χ1n) is 8.68. The van der Waals surface area contributed by atoms with Crippen molar-refractivity contribution >= 4 is 29.0 Å². The monoisotopic (exact) mass is 385 g/mol. The number of hydrogen-bond acceptors (Lipinski definition) is 4. The molecule has 6 heteroatoms. The molecule has 0 aliphatic carbocycles. The number of hydrogen-bond donors (Lipinski definition) is 1. The van der Waals surface area contributed by atoms with E-state index in [2.05, 4.69) is 28.2 Å². The average molecular weight is 386 g/mol. The van der Waals surface area contributed by atoms with Gasteiger partial charge >= 0.3 is 0 Å². The third kappa shape index (κ3) is 4.99. The highest BCUT2D eigenvalue weighted by molar-refractivity contribution is 7.99. The molecule has 4 nitrogen and oxygen atoms in total. The lowest BCUT2D eigenvalue weighted by molar-refractivity contribution is -0.128. The van der Waals surface area contributed by atoms with E-state index >= 15 is 0 Å². The standard InChI is InChI=1S/C20H23N3OS2/c1-3-23(13-17-10-7-11-25-17)19(24)14-26-20-21-15(2)18(22-20)12-16-8-5-4-6-9-16/h4-11H,3,12-14H2,1-2H3,(H,21,22). The van der Waals surface area contributed by atoms with E-state index in [0.717, 1.165) is 23.0 Å². The first kappa shape index (κ1) is 18.7. The third-order valence-electron chi connectivity index (χ3n) is 4.17. The molecule has 3 rings (SSSR count). The number of aryl methyl sites for hydroxylation is 1. The quantitative estimate of drug-likeness (QED) is 0.580. The minimum atomic E-state index is 0.143. The first-order chi connectivity index (χ1) is 12.7. The van der Waals surface area contributed by atoms with Crippen LogP contribution < -0.4 is 0 Å². The Morgan fingerprint density at radius 1 is 1.23 bits per heavy atom. The summed E-state index contributed by atoms with van der Waals surface area (Å²) < 4.78 is 0. The van der Waals surface area contributed by atoms with Crippen LogP contribution in [0.25, 0.3) is 0 Å². The van der Waals surface area contributed by atoms with Crippen molar-refractivity contribution in [3.8, 4) is 0 Å². The Bertz CT molecular complexity index is 828. The van der Waals surface area contributed by atoms with Gasteiger partial charge in [-0.25, -0.2) is 4.98 Å². The summed E-state index contributed by atoms with van der Waals surface area (Å²) >= 11 is 3.16. The van der Waals surface area contributed by atoms with Crippen molar-refractivity contribution in [3.63, 3.8) is 0 Å². The summed E-state index contributed by atoms with van der Waals surface area (Å²) in [6.07, 6.45) is 0.803. The molecular weight excluding hydrogens is 362 g/mol. The molecule has 1 N–H and O–H groups in total. The normalized spacial score (nSPS) is 10.8. The van der Waals surface area contributed by atoms with Crippen LogP contribution in [0.3, 0.4) is 0 Å². The van der Waals surface area contributed by atoms with Crippen LogP contribution in [-0.4, -0.2) is 33.1 Å². The largest absolute Gasteiger partial charge is 0.337 e. The van der Waals surface area contributed by atoms with Crippen LogP contribution in [0.15, 0.2) is 53.0 Å². The number of carbonyl (C=O) groups excluding carboxylic acids is 1. The molecule has 0 atom stereocenters. The predicted molar refractivity (Wildman–Crippen MR) is 109 cm³/mol. The maximum Gasteiger partial charge on any atom is 0.233 e. The van der Waals surface area contributed by atoms with Crippen LogP contribution in [0.1, 0.15) is 28.8 Å². The summed E-state index contributed by atoms with van der Waals surface area (Å²) in [4.78, 5) is 23.6. The molecule has 2 heterocycles. The van der Waals surface area contributed by atoms with Crippen molar-refractivity contribution in [2.45, 2.75) is 32.0 Å². The summed E-state index contributed by atoms with van der Waals surface area (Å²) in [5.41, 5.74) is 3.34. The lowest BCUT2D eigenvalue weighted by Gasteiger charge is -2.19. The molecule has 0 radical (unpaired) electrons. The summed E-state index contributed by atoms with van der Waals surface area (Å²) in [7, 11) is 0. The van der Waals surface area contributed by atoms with Crippen LogP contribution in [-0.2, 0) is 17.8 Å². The van der Waals surface area contributed by atoms with E-state index in [1.165, 1.54) is 22.2 Å². The van der Waals surface area contributed by atoms with E-state index in [1.54, 1.807) is 11.3 Å². The fourth-order valence-corrected chi connectivity index (χ4v) is 4.25. The second-order valence-electron chi connectivity index (χ2n) is 6.05. The fraction of sp³-hybridized carbons (Fsp3) is 0.300. The van der Waals surface area contributed by atoms with E-state index in [4.69, 9.17) is 0 Å². The van der Waals surface area contributed by atoms with E-state index in [-0.39, 0.29) is 5.91 Å². The number of nitrogens with one attached hydrogen (secondary N) is 1. The summed E-state index contributed by atoms with van der Waals surface area (Å²) in [6.45, 7) is 5.45. The number of amides is 1. The van der Waals surface area contributed by atoms with Crippen molar-refractivity contribution in [2.24, 2.45) is 0 Å². The minimum Gasteiger partial charge on any atom is -0.337 e. The first-order valence-corrected chi connectivity index (χ1v) is 10.5. The summed E-state index contributed by atoms with van der Waals surface area (Å²) in [6, 6.07) is 14.4. The molecule has 0 aliphatic rings. The predicted octanol–water partition coefficient (Wildman–Crippen LogP) is 4.51. The molecule has 0 bridgehead atoms. The lowest BCUT2D eigenvalue weighted by atomic mass is 10.1. The van der Waals surface area contributed by atoms with E-state index in [0.29, 0.717) is 18.8 Å². The molecule has 0 saturated carbocycles. The Balaban J connectivity index is 1.57. The van der Waals surface area contributed by atoms with Crippen LogP contribution in [0, 0.1) is 6.92 Å². The zero-order valence-electron chi connectivity index (χ0n) is 15.1. The number of nitrogens with zero attached hydrogens (tertiary/aromatic N) is 2. The van der Waals surface area contributed by atoms with Gasteiger partial charge in [0.1, 0.15) is 0 Å².